The number of guanidine groups is 1. The lowest BCUT2D eigenvalue weighted by molar-refractivity contribution is 0.401. The summed E-state index contributed by atoms with van der Waals surface area (Å²) in [7, 11) is 0. The van der Waals surface area contributed by atoms with Crippen LogP contribution in [0.15, 0.2) is 30.3 Å². The van der Waals surface area contributed by atoms with Crippen molar-refractivity contribution in [3.05, 3.63) is 40.9 Å². The normalized spacial score (nSPS) is 13.4. The number of thiocarbonyl (C=S) groups is 1. The van der Waals surface area contributed by atoms with E-state index in [1.807, 2.05) is 30.3 Å². The van der Waals surface area contributed by atoms with Gasteiger partial charge in [-0.3, -0.25) is 5.41 Å². The van der Waals surface area contributed by atoms with Crippen molar-refractivity contribution in [3.63, 3.8) is 0 Å². The van der Waals surface area contributed by atoms with Gasteiger partial charge in [0.05, 0.1) is 12.2 Å². The molecule has 114 valence electrons. The van der Waals surface area contributed by atoms with Crippen LogP contribution in [0.5, 0.6) is 0 Å². The zero-order chi connectivity index (χ0) is 15.5. The van der Waals surface area contributed by atoms with Gasteiger partial charge in [-0.15, -0.1) is 0 Å². The fourth-order valence-electron chi connectivity index (χ4n) is 2.26. The van der Waals surface area contributed by atoms with Gasteiger partial charge in [-0.2, -0.15) is 0 Å². The van der Waals surface area contributed by atoms with Crippen LogP contribution in [0.2, 0.25) is 0 Å². The quantitative estimate of drug-likeness (QED) is 0.383. The van der Waals surface area contributed by atoms with Crippen molar-refractivity contribution in [3.8, 4) is 0 Å². The first kappa shape index (κ1) is 14.7. The molecule has 6 nitrogen and oxygen atoms in total. The van der Waals surface area contributed by atoms with Crippen LogP contribution < -0.4 is 16.4 Å². The van der Waals surface area contributed by atoms with Crippen LogP contribution in [0.1, 0.15) is 10.6 Å². The van der Waals surface area contributed by atoms with Gasteiger partial charge in [0.2, 0.25) is 0 Å². The molecule has 0 bridgehead atoms. The molecule has 0 amide bonds. The largest absolute Gasteiger partial charge is 0.370 e. The number of thiazole rings is 1. The summed E-state index contributed by atoms with van der Waals surface area (Å²) in [6, 6.07) is 9.90. The van der Waals surface area contributed by atoms with E-state index in [0.717, 1.165) is 35.8 Å². The number of aromatic nitrogens is 1. The van der Waals surface area contributed by atoms with Gasteiger partial charge in [0.1, 0.15) is 0 Å². The minimum Gasteiger partial charge on any atom is -0.370 e. The third-order valence-corrected chi connectivity index (χ3v) is 4.64. The summed E-state index contributed by atoms with van der Waals surface area (Å²) in [6.07, 6.45) is 0.835. The van der Waals surface area contributed by atoms with E-state index in [1.54, 1.807) is 0 Å². The first-order valence-corrected chi connectivity index (χ1v) is 8.05. The molecule has 1 aromatic heterocycles. The lowest BCUT2D eigenvalue weighted by Gasteiger charge is -2.28. The zero-order valence-corrected chi connectivity index (χ0v) is 13.4. The molecule has 22 heavy (non-hydrogen) atoms. The molecule has 0 fully saturated rings. The summed E-state index contributed by atoms with van der Waals surface area (Å²) in [5.74, 6) is -0.0933. The predicted octanol–water partition coefficient (Wildman–Crippen LogP) is 2.20. The van der Waals surface area contributed by atoms with Crippen molar-refractivity contribution < 1.29 is 0 Å². The van der Waals surface area contributed by atoms with Crippen molar-refractivity contribution in [1.29, 1.82) is 5.41 Å². The Morgan fingerprint density at radius 2 is 2.09 bits per heavy atom. The number of nitrogens with zero attached hydrogens (tertiary/aromatic N) is 2. The van der Waals surface area contributed by atoms with Gasteiger partial charge in [0, 0.05) is 23.5 Å². The molecule has 2 aromatic rings. The molecule has 0 radical (unpaired) electrons. The van der Waals surface area contributed by atoms with Crippen molar-refractivity contribution in [2.24, 2.45) is 5.73 Å². The summed E-state index contributed by atoms with van der Waals surface area (Å²) in [4.78, 5) is 7.75. The molecule has 8 heteroatoms. The third-order valence-electron chi connectivity index (χ3n) is 3.29. The Hall–Kier alpha value is -2.19. The first-order chi connectivity index (χ1) is 10.6. The van der Waals surface area contributed by atoms with E-state index in [-0.39, 0.29) is 5.96 Å². The Morgan fingerprint density at radius 1 is 1.32 bits per heavy atom. The highest BCUT2D eigenvalue weighted by Gasteiger charge is 2.22. The number of para-hydroxylation sites is 1. The molecule has 5 N–H and O–H groups in total. The van der Waals surface area contributed by atoms with Gasteiger partial charge >= 0.3 is 0 Å². The van der Waals surface area contributed by atoms with Crippen molar-refractivity contribution in [1.82, 2.24) is 9.88 Å². The second-order valence-electron chi connectivity index (χ2n) is 4.90. The van der Waals surface area contributed by atoms with Crippen LogP contribution >= 0.6 is 23.6 Å². The fraction of sp³-hybridized carbons (Fsp3) is 0.214. The number of nitrogens with one attached hydrogen (secondary N) is 3. The number of fused-ring (bicyclic) bond motifs is 1. The Labute approximate surface area is 137 Å². The Balaban J connectivity index is 1.67. The van der Waals surface area contributed by atoms with Crippen molar-refractivity contribution in [2.45, 2.75) is 13.0 Å². The molecule has 2 heterocycles. The van der Waals surface area contributed by atoms with Gasteiger partial charge < -0.3 is 21.3 Å². The predicted molar refractivity (Wildman–Crippen MR) is 94.4 cm³/mol. The summed E-state index contributed by atoms with van der Waals surface area (Å²) in [6.45, 7) is 1.56. The van der Waals surface area contributed by atoms with Crippen molar-refractivity contribution >= 4 is 45.4 Å². The number of nitrogens with two attached hydrogens (primary N) is 1. The minimum atomic E-state index is -0.0933. The van der Waals surface area contributed by atoms with E-state index >= 15 is 0 Å². The maximum absolute atomic E-state index is 7.27. The smallest absolute Gasteiger partial charge is 0.192 e. The molecule has 0 unspecified atom stereocenters. The molecule has 0 spiro atoms. The highest BCUT2D eigenvalue weighted by Crippen LogP contribution is 2.28. The number of hydrogen-bond acceptors (Lipinski definition) is 4. The van der Waals surface area contributed by atoms with Gasteiger partial charge in [0.25, 0.3) is 0 Å². The lowest BCUT2D eigenvalue weighted by atomic mass is 10.2. The maximum atomic E-state index is 7.27. The molecule has 0 aliphatic carbocycles. The van der Waals surface area contributed by atoms with Gasteiger partial charge in [-0.25, -0.2) is 4.98 Å². The summed E-state index contributed by atoms with van der Waals surface area (Å²) < 4.78 is 0. The average molecular weight is 332 g/mol. The minimum absolute atomic E-state index is 0.0933. The van der Waals surface area contributed by atoms with E-state index in [9.17, 15) is 0 Å². The standard InChI is InChI=1S/C14H16N6S2/c15-12(16)19-13-18-10-6-7-20(8-11(10)22-13)14(21)17-9-4-2-1-3-5-9/h1-5H,6-8H2,(H,17,21)(H4,15,16,18,19). The molecule has 0 saturated carbocycles. The average Bonchev–Trinajstić information content (AvgIpc) is 2.88. The van der Waals surface area contributed by atoms with Gasteiger partial charge in [-0.05, 0) is 24.4 Å². The van der Waals surface area contributed by atoms with Gasteiger partial charge in [-0.1, -0.05) is 29.5 Å². The van der Waals surface area contributed by atoms with Gasteiger partial charge in [0.15, 0.2) is 16.2 Å². The molecular weight excluding hydrogens is 316 g/mol. The highest BCUT2D eigenvalue weighted by molar-refractivity contribution is 7.80. The molecule has 1 aliphatic rings. The molecule has 1 aliphatic heterocycles. The fourth-order valence-corrected chi connectivity index (χ4v) is 3.57. The first-order valence-electron chi connectivity index (χ1n) is 6.82. The lowest BCUT2D eigenvalue weighted by Crippen LogP contribution is -2.38. The molecule has 3 rings (SSSR count). The summed E-state index contributed by atoms with van der Waals surface area (Å²) >= 11 is 7.01. The zero-order valence-electron chi connectivity index (χ0n) is 11.8. The Kier molecular flexibility index (Phi) is 4.21. The van der Waals surface area contributed by atoms with Crippen LogP contribution in [0.25, 0.3) is 0 Å². The molecule has 0 saturated heterocycles. The molecule has 1 aromatic carbocycles. The maximum Gasteiger partial charge on any atom is 0.192 e. The van der Waals surface area contributed by atoms with Crippen LogP contribution in [0.3, 0.4) is 0 Å². The second-order valence-corrected chi connectivity index (χ2v) is 6.37. The summed E-state index contributed by atoms with van der Waals surface area (Å²) in [5.41, 5.74) is 7.39. The highest BCUT2D eigenvalue weighted by atomic mass is 32.1. The Morgan fingerprint density at radius 3 is 2.82 bits per heavy atom. The van der Waals surface area contributed by atoms with E-state index in [0.29, 0.717) is 10.2 Å². The number of benzene rings is 1. The third kappa shape index (κ3) is 3.34. The van der Waals surface area contributed by atoms with E-state index in [1.165, 1.54) is 11.3 Å². The van der Waals surface area contributed by atoms with Crippen LogP contribution in [-0.2, 0) is 13.0 Å². The van der Waals surface area contributed by atoms with Crippen LogP contribution in [0, 0.1) is 5.41 Å². The molecule has 0 atom stereocenters. The number of hydrogen-bond donors (Lipinski definition) is 4. The topological polar surface area (TPSA) is 90.1 Å². The molecular formula is C14H16N6S2. The summed E-state index contributed by atoms with van der Waals surface area (Å²) in [5, 5.41) is 14.6. The van der Waals surface area contributed by atoms with E-state index < -0.39 is 0 Å². The van der Waals surface area contributed by atoms with E-state index in [2.05, 4.69) is 20.5 Å². The Bertz CT molecular complexity index is 697. The number of anilines is 2. The SMILES string of the molecule is N=C(N)Nc1nc2c(s1)CN(C(=S)Nc1ccccc1)CC2. The van der Waals surface area contributed by atoms with Crippen LogP contribution in [-0.4, -0.2) is 27.5 Å². The van der Waals surface area contributed by atoms with Crippen molar-refractivity contribution in [2.75, 3.05) is 17.2 Å². The van der Waals surface area contributed by atoms with E-state index in [4.69, 9.17) is 23.4 Å². The monoisotopic (exact) mass is 332 g/mol. The second kappa shape index (κ2) is 6.29. The number of rotatable bonds is 2. The van der Waals surface area contributed by atoms with Crippen LogP contribution in [0.4, 0.5) is 10.8 Å².